The minimum absolute atomic E-state index is 0.0128. The Morgan fingerprint density at radius 2 is 1.79 bits per heavy atom. The fourth-order valence-corrected chi connectivity index (χ4v) is 11.8. The maximum Gasteiger partial charge on any atom is 0.313 e. The topological polar surface area (TPSA) is 79.3 Å². The van der Waals surface area contributed by atoms with Crippen molar-refractivity contribution in [1.29, 1.82) is 0 Å². The van der Waals surface area contributed by atoms with Gasteiger partial charge in [-0.3, -0.25) is 4.79 Å². The Bertz CT molecular complexity index is 993. The summed E-state index contributed by atoms with van der Waals surface area (Å²) in [4.78, 5) is 13.6. The van der Waals surface area contributed by atoms with Gasteiger partial charge in [-0.05, 0) is 80.5 Å². The summed E-state index contributed by atoms with van der Waals surface area (Å²) in [5, 5.41) is 21.4. The van der Waals surface area contributed by atoms with Gasteiger partial charge in [0.1, 0.15) is 6.10 Å². The Morgan fingerprint density at radius 1 is 1.03 bits per heavy atom. The number of aliphatic hydroxyl groups excluding tert-OH is 2. The number of carbonyl (C=O) groups is 1. The summed E-state index contributed by atoms with van der Waals surface area (Å²) in [5.41, 5.74) is -0.282. The van der Waals surface area contributed by atoms with E-state index in [0.29, 0.717) is 5.92 Å². The molecule has 2 saturated heterocycles. The minimum atomic E-state index is -0.542. The van der Waals surface area contributed by atoms with Gasteiger partial charge in [0.15, 0.2) is 5.60 Å². The number of allylic oxidation sites excluding steroid dienone is 1. The molecular weight excluding hydrogens is 428 g/mol. The van der Waals surface area contributed by atoms with Crippen LogP contribution in [0, 0.1) is 44.8 Å². The first kappa shape index (κ1) is 22.3. The monoisotopic (exact) mass is 470 g/mol. The van der Waals surface area contributed by atoms with Gasteiger partial charge in [-0.25, -0.2) is 0 Å². The summed E-state index contributed by atoms with van der Waals surface area (Å²) in [6, 6.07) is 0. The molecule has 12 atom stereocenters. The summed E-state index contributed by atoms with van der Waals surface area (Å²) < 4.78 is 13.4. The molecule has 2 aliphatic heterocycles. The minimum Gasteiger partial charge on any atom is -0.455 e. The van der Waals surface area contributed by atoms with Gasteiger partial charge in [-0.15, -0.1) is 0 Å². The van der Waals surface area contributed by atoms with E-state index in [1.807, 2.05) is 0 Å². The van der Waals surface area contributed by atoms with Crippen LogP contribution >= 0.6 is 0 Å². The Balaban J connectivity index is 1.38. The lowest BCUT2D eigenvalue weighted by atomic mass is 9.31. The van der Waals surface area contributed by atoms with Crippen LogP contribution in [-0.2, 0) is 14.3 Å². The van der Waals surface area contributed by atoms with E-state index in [-0.39, 0.29) is 58.3 Å². The van der Waals surface area contributed by atoms with E-state index in [2.05, 4.69) is 34.3 Å². The molecule has 0 aromatic rings. The quantitative estimate of drug-likeness (QED) is 0.337. The lowest BCUT2D eigenvalue weighted by Crippen LogP contribution is -2.74. The molecule has 34 heavy (non-hydrogen) atoms. The molecule has 2 bridgehead atoms. The number of carbonyl (C=O) groups excluding carboxylic acids is 1. The molecule has 0 radical (unpaired) electrons. The molecule has 7 rings (SSSR count). The number of aliphatic hydroxyl groups is 2. The molecule has 188 valence electrons. The van der Waals surface area contributed by atoms with Crippen molar-refractivity contribution in [3.8, 4) is 0 Å². The van der Waals surface area contributed by atoms with Crippen molar-refractivity contribution in [3.05, 3.63) is 12.2 Å². The van der Waals surface area contributed by atoms with Crippen LogP contribution in [0.5, 0.6) is 0 Å². The molecule has 0 amide bonds. The van der Waals surface area contributed by atoms with Crippen LogP contribution in [0.2, 0.25) is 0 Å². The molecule has 2 N–H and O–H groups in total. The van der Waals surface area contributed by atoms with Crippen LogP contribution in [0.25, 0.3) is 0 Å². The van der Waals surface area contributed by atoms with Crippen molar-refractivity contribution in [1.82, 2.24) is 0 Å². The largest absolute Gasteiger partial charge is 0.455 e. The molecule has 5 nitrogen and oxygen atoms in total. The molecule has 5 aliphatic carbocycles. The molecule has 7 aliphatic rings. The van der Waals surface area contributed by atoms with Gasteiger partial charge in [-0.2, -0.15) is 0 Å². The fourth-order valence-electron chi connectivity index (χ4n) is 11.8. The van der Waals surface area contributed by atoms with E-state index >= 15 is 0 Å². The zero-order valence-corrected chi connectivity index (χ0v) is 21.4. The number of hydrogen-bond acceptors (Lipinski definition) is 5. The second kappa shape index (κ2) is 6.14. The van der Waals surface area contributed by atoms with Crippen LogP contribution < -0.4 is 0 Å². The molecule has 5 heteroatoms. The van der Waals surface area contributed by atoms with Crippen LogP contribution in [0.4, 0.5) is 0 Å². The molecule has 0 aromatic heterocycles. The first-order chi connectivity index (χ1) is 15.9. The average Bonchev–Trinajstić information content (AvgIpc) is 3.55. The summed E-state index contributed by atoms with van der Waals surface area (Å²) >= 11 is 0. The Kier molecular flexibility index (Phi) is 4.03. The third kappa shape index (κ3) is 2.02. The van der Waals surface area contributed by atoms with E-state index in [1.165, 1.54) is 5.57 Å². The van der Waals surface area contributed by atoms with E-state index in [4.69, 9.17) is 9.47 Å². The molecular formula is C29H42O5. The van der Waals surface area contributed by atoms with Crippen molar-refractivity contribution in [2.75, 3.05) is 6.61 Å². The van der Waals surface area contributed by atoms with Crippen molar-refractivity contribution in [3.63, 3.8) is 0 Å². The van der Waals surface area contributed by atoms with Crippen LogP contribution in [-0.4, -0.2) is 46.7 Å². The highest BCUT2D eigenvalue weighted by atomic mass is 16.6. The van der Waals surface area contributed by atoms with Crippen LogP contribution in [0.15, 0.2) is 12.2 Å². The van der Waals surface area contributed by atoms with E-state index < -0.39 is 17.1 Å². The maximum absolute atomic E-state index is 13.6. The Hall–Kier alpha value is -0.910. The molecule has 0 unspecified atom stereocenters. The number of rotatable bonds is 1. The molecule has 0 aromatic carbocycles. The highest BCUT2D eigenvalue weighted by molar-refractivity contribution is 5.82. The van der Waals surface area contributed by atoms with Gasteiger partial charge in [0.05, 0.1) is 24.2 Å². The van der Waals surface area contributed by atoms with Crippen molar-refractivity contribution in [2.45, 2.75) is 109 Å². The third-order valence-corrected chi connectivity index (χ3v) is 13.7. The second-order valence-electron chi connectivity index (χ2n) is 14.4. The first-order valence-electron chi connectivity index (χ1n) is 13.8. The summed E-state index contributed by atoms with van der Waals surface area (Å²) in [5.74, 6) is 0.828. The van der Waals surface area contributed by atoms with Gasteiger partial charge in [0.2, 0.25) is 0 Å². The number of epoxide rings is 1. The van der Waals surface area contributed by atoms with Gasteiger partial charge in [0, 0.05) is 16.7 Å². The number of ether oxygens (including phenoxy) is 2. The SMILES string of the molecule is C=C1CC[C@@]23CC[C@]4(C)[C@@](OC2=O)([C@@H]3C1)[C@H]1O[C@H]1[C@@H]1[C@@]2(C)CC[C@H](O)[C@@](C)(CO)[C@@H]2CC[C@]14C. The van der Waals surface area contributed by atoms with Gasteiger partial charge in [0.25, 0.3) is 0 Å². The summed E-state index contributed by atoms with van der Waals surface area (Å²) in [6.07, 6.45) is 8.00. The Morgan fingerprint density at radius 3 is 2.53 bits per heavy atom. The first-order valence-corrected chi connectivity index (χ1v) is 13.8. The standard InChI is InChI=1S/C29H42O5/c1-16-6-11-28-13-12-27(5)26(4)10-7-17-24(2,9-8-19(31)25(17,3)15-30)21(26)20-22(33-20)29(27,18(28)14-16)34-23(28)32/h17-22,30-31H,1,6-15H2,2-5H3/t17-,18-,19+,20+,21-,22+,24+,25+,26-,27+,28+,29-/m1/s1. The van der Waals surface area contributed by atoms with Gasteiger partial charge >= 0.3 is 5.97 Å². The molecule has 7 fully saturated rings. The highest BCUT2D eigenvalue weighted by Gasteiger charge is 2.88. The fraction of sp³-hybridized carbons (Fsp3) is 0.897. The predicted octanol–water partition coefficient (Wildman–Crippen LogP) is 4.40. The second-order valence-corrected chi connectivity index (χ2v) is 14.4. The average molecular weight is 471 g/mol. The van der Waals surface area contributed by atoms with Gasteiger partial charge in [-0.1, -0.05) is 39.8 Å². The van der Waals surface area contributed by atoms with Crippen molar-refractivity contribution in [2.24, 2.45) is 44.8 Å². The normalized spacial score (nSPS) is 63.6. The highest BCUT2D eigenvalue weighted by Crippen LogP contribution is 2.83. The van der Waals surface area contributed by atoms with Crippen molar-refractivity contribution < 1.29 is 24.5 Å². The number of hydrogen-bond donors (Lipinski definition) is 2. The lowest BCUT2D eigenvalue weighted by Gasteiger charge is -2.72. The number of esters is 1. The van der Waals surface area contributed by atoms with E-state index in [0.717, 1.165) is 57.8 Å². The maximum atomic E-state index is 13.6. The molecule has 2 heterocycles. The predicted molar refractivity (Wildman–Crippen MR) is 127 cm³/mol. The third-order valence-electron chi connectivity index (χ3n) is 13.7. The van der Waals surface area contributed by atoms with E-state index in [9.17, 15) is 15.0 Å². The number of fused-ring (bicyclic) bond motifs is 6. The van der Waals surface area contributed by atoms with Crippen molar-refractivity contribution >= 4 is 5.97 Å². The van der Waals surface area contributed by atoms with Gasteiger partial charge < -0.3 is 19.7 Å². The summed E-state index contributed by atoms with van der Waals surface area (Å²) in [6.45, 7) is 13.8. The smallest absolute Gasteiger partial charge is 0.313 e. The zero-order chi connectivity index (χ0) is 24.1. The van der Waals surface area contributed by atoms with Crippen LogP contribution in [0.1, 0.15) is 85.5 Å². The molecule has 5 saturated carbocycles. The molecule has 1 spiro atoms. The van der Waals surface area contributed by atoms with E-state index in [1.54, 1.807) is 0 Å². The summed E-state index contributed by atoms with van der Waals surface area (Å²) in [7, 11) is 0. The zero-order valence-electron chi connectivity index (χ0n) is 21.4. The lowest BCUT2D eigenvalue weighted by molar-refractivity contribution is -0.274. The Labute approximate surface area is 203 Å². The van der Waals surface area contributed by atoms with Crippen LogP contribution in [0.3, 0.4) is 0 Å².